The van der Waals surface area contributed by atoms with E-state index < -0.39 is 10.8 Å². The minimum atomic E-state index is -1.19. The molecule has 90 valence electrons. The van der Waals surface area contributed by atoms with Gasteiger partial charge in [0.1, 0.15) is 0 Å². The molecule has 0 amide bonds. The summed E-state index contributed by atoms with van der Waals surface area (Å²) in [6, 6.07) is 15.1. The van der Waals surface area contributed by atoms with Crippen LogP contribution in [0.2, 0.25) is 0 Å². The Morgan fingerprint density at radius 3 is 2.22 bits per heavy atom. The second-order valence-electron chi connectivity index (χ2n) is 3.75. The van der Waals surface area contributed by atoms with Crippen LogP contribution in [-0.2, 0) is 10.8 Å². The second-order valence-corrected chi connectivity index (χ2v) is 5.20. The van der Waals surface area contributed by atoms with Gasteiger partial charge >= 0.3 is 0 Å². The van der Waals surface area contributed by atoms with Gasteiger partial charge in [0, 0.05) is 4.90 Å². The average molecular weight is 254 g/mol. The minimum Gasteiger partial charge on any atom is -0.249 e. The summed E-state index contributed by atoms with van der Waals surface area (Å²) in [6.07, 6.45) is 3.48. The van der Waals surface area contributed by atoms with Crippen molar-refractivity contribution in [1.82, 2.24) is 0 Å². The molecule has 18 heavy (non-hydrogen) atoms. The summed E-state index contributed by atoms with van der Waals surface area (Å²) in [4.78, 5) is 1.57. The molecule has 0 aromatic heterocycles. The van der Waals surface area contributed by atoms with Crippen LogP contribution in [0.4, 0.5) is 0 Å². The van der Waals surface area contributed by atoms with Crippen LogP contribution in [0, 0.1) is 0 Å². The van der Waals surface area contributed by atoms with E-state index in [0.29, 0.717) is 0 Å². The Balaban J connectivity index is 2.55. The maximum absolute atomic E-state index is 12.5. The van der Waals surface area contributed by atoms with Gasteiger partial charge in [0.05, 0.1) is 15.7 Å². The van der Waals surface area contributed by atoms with Crippen molar-refractivity contribution < 1.29 is 4.21 Å². The summed E-state index contributed by atoms with van der Waals surface area (Å²) in [7, 11) is -1.19. The van der Waals surface area contributed by atoms with Gasteiger partial charge < -0.3 is 0 Å². The molecule has 0 radical (unpaired) electrons. The van der Waals surface area contributed by atoms with Crippen molar-refractivity contribution in [1.29, 1.82) is 0 Å². The Labute approximate surface area is 110 Å². The first kappa shape index (κ1) is 12.5. The molecule has 2 rings (SSSR count). The van der Waals surface area contributed by atoms with Gasteiger partial charge in [-0.15, -0.1) is 0 Å². The molecule has 0 aliphatic carbocycles. The van der Waals surface area contributed by atoms with E-state index in [-0.39, 0.29) is 0 Å². The predicted octanol–water partition coefficient (Wildman–Crippen LogP) is 4.14. The SMILES string of the molecule is C=Cc1cccc(S(=O)c2ccccc2)c1C=C. The van der Waals surface area contributed by atoms with Gasteiger partial charge in [-0.2, -0.15) is 0 Å². The van der Waals surface area contributed by atoms with Crippen LogP contribution in [0.15, 0.2) is 71.5 Å². The van der Waals surface area contributed by atoms with Gasteiger partial charge in [0.15, 0.2) is 0 Å². The van der Waals surface area contributed by atoms with Crippen molar-refractivity contribution in [3.8, 4) is 0 Å². The predicted molar refractivity (Wildman–Crippen MR) is 77.7 cm³/mol. The smallest absolute Gasteiger partial charge is 0.0855 e. The normalized spacial score (nSPS) is 11.8. The lowest BCUT2D eigenvalue weighted by molar-refractivity contribution is 0.683. The minimum absolute atomic E-state index is 0.772. The Morgan fingerprint density at radius 1 is 0.889 bits per heavy atom. The summed E-state index contributed by atoms with van der Waals surface area (Å²) in [5.74, 6) is 0. The van der Waals surface area contributed by atoms with E-state index in [1.165, 1.54) is 0 Å². The quantitative estimate of drug-likeness (QED) is 0.801. The van der Waals surface area contributed by atoms with Gasteiger partial charge in [-0.25, -0.2) is 4.21 Å². The topological polar surface area (TPSA) is 17.1 Å². The highest BCUT2D eigenvalue weighted by Gasteiger charge is 2.11. The third kappa shape index (κ3) is 2.34. The summed E-state index contributed by atoms with van der Waals surface area (Å²) in [6.45, 7) is 7.56. The van der Waals surface area contributed by atoms with Crippen LogP contribution in [-0.4, -0.2) is 4.21 Å². The first-order chi connectivity index (χ1) is 8.77. The van der Waals surface area contributed by atoms with E-state index in [9.17, 15) is 4.21 Å². The van der Waals surface area contributed by atoms with E-state index >= 15 is 0 Å². The summed E-state index contributed by atoms with van der Waals surface area (Å²) < 4.78 is 12.5. The highest BCUT2D eigenvalue weighted by atomic mass is 32.2. The van der Waals surface area contributed by atoms with Crippen LogP contribution in [0.5, 0.6) is 0 Å². The first-order valence-electron chi connectivity index (χ1n) is 5.62. The van der Waals surface area contributed by atoms with Crippen LogP contribution in [0.25, 0.3) is 12.2 Å². The molecule has 0 saturated heterocycles. The van der Waals surface area contributed by atoms with E-state index in [2.05, 4.69) is 13.2 Å². The molecule has 2 aromatic carbocycles. The van der Waals surface area contributed by atoms with Gasteiger partial charge in [0.2, 0.25) is 0 Å². The van der Waals surface area contributed by atoms with Crippen molar-refractivity contribution in [3.63, 3.8) is 0 Å². The lowest BCUT2D eigenvalue weighted by Gasteiger charge is -2.09. The molecule has 0 fully saturated rings. The number of rotatable bonds is 4. The van der Waals surface area contributed by atoms with E-state index in [1.54, 1.807) is 12.2 Å². The Morgan fingerprint density at radius 2 is 1.61 bits per heavy atom. The van der Waals surface area contributed by atoms with Gasteiger partial charge in [0.25, 0.3) is 0 Å². The van der Waals surface area contributed by atoms with Gasteiger partial charge in [-0.1, -0.05) is 55.6 Å². The third-order valence-corrected chi connectivity index (χ3v) is 4.14. The van der Waals surface area contributed by atoms with Crippen LogP contribution in [0.3, 0.4) is 0 Å². The van der Waals surface area contributed by atoms with Gasteiger partial charge in [-0.05, 0) is 29.3 Å². The summed E-state index contributed by atoms with van der Waals surface area (Å²) >= 11 is 0. The molecule has 0 aliphatic rings. The maximum Gasteiger partial charge on any atom is 0.0855 e. The molecule has 0 heterocycles. The molecular weight excluding hydrogens is 240 g/mol. The molecule has 2 aromatic rings. The molecule has 0 spiro atoms. The monoisotopic (exact) mass is 254 g/mol. The Hall–Kier alpha value is -1.93. The Kier molecular flexibility index (Phi) is 3.90. The second kappa shape index (κ2) is 5.61. The van der Waals surface area contributed by atoms with Gasteiger partial charge in [-0.3, -0.25) is 0 Å². The molecule has 2 heteroatoms. The highest BCUT2D eigenvalue weighted by molar-refractivity contribution is 7.85. The van der Waals surface area contributed by atoms with Crippen molar-refractivity contribution in [3.05, 3.63) is 72.8 Å². The van der Waals surface area contributed by atoms with E-state index in [4.69, 9.17) is 0 Å². The molecular formula is C16H14OS. The summed E-state index contributed by atoms with van der Waals surface area (Å²) in [5.41, 5.74) is 1.83. The molecule has 0 bridgehead atoms. The molecule has 1 unspecified atom stereocenters. The maximum atomic E-state index is 12.5. The van der Waals surface area contributed by atoms with Crippen LogP contribution >= 0.6 is 0 Å². The fourth-order valence-corrected chi connectivity index (χ4v) is 3.05. The zero-order valence-corrected chi connectivity index (χ0v) is 10.8. The number of hydrogen-bond donors (Lipinski definition) is 0. The molecule has 0 aliphatic heterocycles. The fourth-order valence-electron chi connectivity index (χ4n) is 1.79. The van der Waals surface area contributed by atoms with Crippen molar-refractivity contribution >= 4 is 23.0 Å². The average Bonchev–Trinajstić information content (AvgIpc) is 2.46. The molecule has 0 N–H and O–H groups in total. The third-order valence-electron chi connectivity index (χ3n) is 2.68. The first-order valence-corrected chi connectivity index (χ1v) is 6.77. The van der Waals surface area contributed by atoms with Crippen LogP contribution < -0.4 is 0 Å². The van der Waals surface area contributed by atoms with Crippen molar-refractivity contribution in [2.45, 2.75) is 9.79 Å². The molecule has 0 saturated carbocycles. The van der Waals surface area contributed by atoms with Crippen molar-refractivity contribution in [2.75, 3.05) is 0 Å². The largest absolute Gasteiger partial charge is 0.249 e. The zero-order chi connectivity index (χ0) is 13.0. The number of hydrogen-bond acceptors (Lipinski definition) is 1. The number of benzene rings is 2. The lowest BCUT2D eigenvalue weighted by atomic mass is 10.1. The molecule has 1 nitrogen and oxygen atoms in total. The summed E-state index contributed by atoms with van der Waals surface area (Å²) in [5, 5.41) is 0. The Bertz CT molecular complexity index is 600. The van der Waals surface area contributed by atoms with E-state index in [0.717, 1.165) is 20.9 Å². The van der Waals surface area contributed by atoms with Crippen LogP contribution in [0.1, 0.15) is 11.1 Å². The lowest BCUT2D eigenvalue weighted by Crippen LogP contribution is -1.97. The van der Waals surface area contributed by atoms with E-state index in [1.807, 2.05) is 48.5 Å². The van der Waals surface area contributed by atoms with Crippen molar-refractivity contribution in [2.24, 2.45) is 0 Å². The zero-order valence-electron chi connectivity index (χ0n) is 10.0. The molecule has 1 atom stereocenters. The fraction of sp³-hybridized carbons (Fsp3) is 0. The standard InChI is InChI=1S/C16H14OS/c1-3-13-9-8-12-16(15(13)4-2)18(17)14-10-6-5-7-11-14/h3-12H,1-2H2. The highest BCUT2D eigenvalue weighted by Crippen LogP contribution is 2.24.